The van der Waals surface area contributed by atoms with Crippen LogP contribution >= 0.6 is 0 Å². The third-order valence-electron chi connectivity index (χ3n) is 2.89. The summed E-state index contributed by atoms with van der Waals surface area (Å²) in [6.07, 6.45) is 1.54. The molecule has 0 saturated carbocycles. The van der Waals surface area contributed by atoms with Crippen molar-refractivity contribution < 1.29 is 14.0 Å². The minimum Gasteiger partial charge on any atom is -0.467 e. The van der Waals surface area contributed by atoms with E-state index in [0.717, 1.165) is 5.01 Å². The second-order valence-corrected chi connectivity index (χ2v) is 4.51. The van der Waals surface area contributed by atoms with E-state index < -0.39 is 0 Å². The molecule has 7 nitrogen and oxygen atoms in total. The molecule has 2 rings (SSSR count). The first-order valence-electron chi connectivity index (χ1n) is 6.63. The number of amides is 2. The minimum absolute atomic E-state index is 0.247. The normalized spacial score (nSPS) is 10.6. The third-order valence-corrected chi connectivity index (χ3v) is 2.89. The van der Waals surface area contributed by atoms with Crippen molar-refractivity contribution in [3.63, 3.8) is 0 Å². The Morgan fingerprint density at radius 1 is 1.23 bits per heavy atom. The van der Waals surface area contributed by atoms with Gasteiger partial charge in [0.05, 0.1) is 18.4 Å². The van der Waals surface area contributed by atoms with Crippen molar-refractivity contribution in [3.05, 3.63) is 54.0 Å². The van der Waals surface area contributed by atoms with Crippen LogP contribution in [0.15, 0.2) is 57.4 Å². The Bertz CT molecular complexity index is 680. The number of nitrogens with zero attached hydrogens (tertiary/aromatic N) is 3. The van der Waals surface area contributed by atoms with Gasteiger partial charge in [-0.3, -0.25) is 9.59 Å². The molecule has 0 atom stereocenters. The van der Waals surface area contributed by atoms with Gasteiger partial charge >= 0.3 is 0 Å². The van der Waals surface area contributed by atoms with Crippen LogP contribution in [-0.4, -0.2) is 23.9 Å². The van der Waals surface area contributed by atoms with Gasteiger partial charge in [-0.1, -0.05) is 17.4 Å². The smallest absolute Gasteiger partial charge is 0.253 e. The molecule has 1 heterocycles. The number of rotatable bonds is 5. The Morgan fingerprint density at radius 3 is 2.68 bits per heavy atom. The van der Waals surface area contributed by atoms with Crippen LogP contribution in [0.3, 0.4) is 0 Å². The minimum atomic E-state index is -0.295. The van der Waals surface area contributed by atoms with Crippen molar-refractivity contribution >= 4 is 17.5 Å². The summed E-state index contributed by atoms with van der Waals surface area (Å²) < 4.78 is 5.15. The summed E-state index contributed by atoms with van der Waals surface area (Å²) in [5.41, 5.74) is 0.752. The lowest BCUT2D eigenvalue weighted by atomic mass is 10.1. The van der Waals surface area contributed by atoms with Gasteiger partial charge in [-0.2, -0.15) is 0 Å². The van der Waals surface area contributed by atoms with E-state index in [0.29, 0.717) is 17.0 Å². The van der Waals surface area contributed by atoms with Gasteiger partial charge < -0.3 is 9.73 Å². The highest BCUT2D eigenvalue weighted by Crippen LogP contribution is 2.19. The monoisotopic (exact) mass is 300 g/mol. The molecular weight excluding hydrogens is 284 g/mol. The molecule has 22 heavy (non-hydrogen) atoms. The predicted molar refractivity (Wildman–Crippen MR) is 79.3 cm³/mol. The standard InChI is InChI=1S/C15H16N4O3/c1-11(20)19(2)18-17-14-8-4-3-7-13(14)15(21)16-10-12-6-5-9-22-12/h3-9H,10H2,1-2H3,(H,16,21). The van der Waals surface area contributed by atoms with Gasteiger partial charge in [0.2, 0.25) is 5.91 Å². The van der Waals surface area contributed by atoms with E-state index in [9.17, 15) is 9.59 Å². The molecule has 0 bridgehead atoms. The molecule has 0 radical (unpaired) electrons. The highest BCUT2D eigenvalue weighted by molar-refractivity contribution is 5.98. The van der Waals surface area contributed by atoms with E-state index in [1.165, 1.54) is 14.0 Å². The van der Waals surface area contributed by atoms with E-state index in [4.69, 9.17) is 4.42 Å². The summed E-state index contributed by atoms with van der Waals surface area (Å²) in [6, 6.07) is 10.3. The molecule has 0 spiro atoms. The van der Waals surface area contributed by atoms with E-state index in [2.05, 4.69) is 15.7 Å². The van der Waals surface area contributed by atoms with Crippen LogP contribution in [0.5, 0.6) is 0 Å². The maximum absolute atomic E-state index is 12.2. The van der Waals surface area contributed by atoms with Crippen molar-refractivity contribution in [2.75, 3.05) is 7.05 Å². The highest BCUT2D eigenvalue weighted by atomic mass is 16.3. The van der Waals surface area contributed by atoms with Gasteiger partial charge in [0.25, 0.3) is 5.91 Å². The average Bonchev–Trinajstić information content (AvgIpc) is 3.03. The number of carbonyl (C=O) groups excluding carboxylic acids is 2. The summed E-state index contributed by atoms with van der Waals surface area (Å²) in [5, 5.41) is 11.5. The maximum Gasteiger partial charge on any atom is 0.253 e. The Hall–Kier alpha value is -2.96. The molecule has 0 aliphatic carbocycles. The van der Waals surface area contributed by atoms with Gasteiger partial charge in [-0.25, -0.2) is 5.01 Å². The maximum atomic E-state index is 12.2. The zero-order valence-corrected chi connectivity index (χ0v) is 12.3. The van der Waals surface area contributed by atoms with Crippen LogP contribution in [0.2, 0.25) is 0 Å². The third kappa shape index (κ3) is 4.02. The van der Waals surface area contributed by atoms with E-state index in [1.54, 1.807) is 42.7 Å². The van der Waals surface area contributed by atoms with Crippen molar-refractivity contribution in [1.29, 1.82) is 0 Å². The van der Waals surface area contributed by atoms with Crippen LogP contribution in [0.25, 0.3) is 0 Å². The summed E-state index contributed by atoms with van der Waals surface area (Å²) >= 11 is 0. The zero-order valence-electron chi connectivity index (χ0n) is 12.3. The summed E-state index contributed by atoms with van der Waals surface area (Å²) in [5.74, 6) is 0.115. The van der Waals surface area contributed by atoms with Crippen LogP contribution in [0.4, 0.5) is 5.69 Å². The molecule has 0 unspecified atom stereocenters. The van der Waals surface area contributed by atoms with Crippen molar-refractivity contribution in [2.45, 2.75) is 13.5 Å². The quantitative estimate of drug-likeness (QED) is 0.680. The lowest BCUT2D eigenvalue weighted by Gasteiger charge is -2.07. The van der Waals surface area contributed by atoms with Crippen LogP contribution < -0.4 is 5.32 Å². The van der Waals surface area contributed by atoms with Crippen LogP contribution in [0, 0.1) is 0 Å². The van der Waals surface area contributed by atoms with E-state index in [-0.39, 0.29) is 18.4 Å². The molecule has 0 aliphatic rings. The van der Waals surface area contributed by atoms with Gasteiger partial charge in [0.1, 0.15) is 11.4 Å². The Balaban J connectivity index is 2.10. The lowest BCUT2D eigenvalue weighted by Crippen LogP contribution is -2.22. The highest BCUT2D eigenvalue weighted by Gasteiger charge is 2.11. The fraction of sp³-hybridized carbons (Fsp3) is 0.200. The summed E-state index contributed by atoms with van der Waals surface area (Å²) in [7, 11) is 1.49. The topological polar surface area (TPSA) is 87.3 Å². The second kappa shape index (κ2) is 7.16. The zero-order chi connectivity index (χ0) is 15.9. The lowest BCUT2D eigenvalue weighted by molar-refractivity contribution is -0.127. The Morgan fingerprint density at radius 2 is 2.00 bits per heavy atom. The molecule has 0 aliphatic heterocycles. The molecule has 114 valence electrons. The van der Waals surface area contributed by atoms with Gasteiger partial charge in [0, 0.05) is 14.0 Å². The molecule has 1 aromatic carbocycles. The van der Waals surface area contributed by atoms with Gasteiger partial charge in [0.15, 0.2) is 0 Å². The number of nitrogens with one attached hydrogen (secondary N) is 1. The Kier molecular flexibility index (Phi) is 5.02. The molecule has 2 amide bonds. The fourth-order valence-electron chi connectivity index (χ4n) is 1.61. The number of hydrogen-bond donors (Lipinski definition) is 1. The molecule has 2 aromatic rings. The molecule has 7 heteroatoms. The van der Waals surface area contributed by atoms with Gasteiger partial charge in [-0.15, -0.1) is 5.11 Å². The number of benzene rings is 1. The predicted octanol–water partition coefficient (Wildman–Crippen LogP) is 2.69. The molecule has 1 aromatic heterocycles. The Labute approximate surface area is 127 Å². The van der Waals surface area contributed by atoms with Crippen molar-refractivity contribution in [3.8, 4) is 0 Å². The van der Waals surface area contributed by atoms with Crippen molar-refractivity contribution in [2.24, 2.45) is 10.3 Å². The first-order chi connectivity index (χ1) is 10.6. The number of hydrogen-bond acceptors (Lipinski definition) is 5. The first kappa shape index (κ1) is 15.4. The van der Waals surface area contributed by atoms with Crippen LogP contribution in [0.1, 0.15) is 23.0 Å². The summed E-state index contributed by atoms with van der Waals surface area (Å²) in [6.45, 7) is 1.66. The van der Waals surface area contributed by atoms with E-state index in [1.807, 2.05) is 0 Å². The van der Waals surface area contributed by atoms with Crippen molar-refractivity contribution in [1.82, 2.24) is 10.3 Å². The number of carbonyl (C=O) groups is 2. The van der Waals surface area contributed by atoms with Crippen LogP contribution in [-0.2, 0) is 11.3 Å². The SMILES string of the molecule is CC(=O)N(C)N=Nc1ccccc1C(=O)NCc1ccco1. The first-order valence-corrected chi connectivity index (χ1v) is 6.63. The largest absolute Gasteiger partial charge is 0.467 e. The second-order valence-electron chi connectivity index (χ2n) is 4.51. The molecule has 1 N–H and O–H groups in total. The van der Waals surface area contributed by atoms with Gasteiger partial charge in [-0.05, 0) is 24.3 Å². The average molecular weight is 300 g/mol. The summed E-state index contributed by atoms with van der Waals surface area (Å²) in [4.78, 5) is 23.3. The number of furan rings is 1. The fourth-order valence-corrected chi connectivity index (χ4v) is 1.61. The molecular formula is C15H16N4O3. The molecule has 0 saturated heterocycles. The van der Waals surface area contributed by atoms with E-state index >= 15 is 0 Å². The molecule has 0 fully saturated rings.